The summed E-state index contributed by atoms with van der Waals surface area (Å²) < 4.78 is 2.39. The molecule has 2 aliphatic rings. The van der Waals surface area contributed by atoms with Crippen LogP contribution in [0.25, 0.3) is 0 Å². The molecule has 1 aromatic heterocycles. The molecular weight excluding hydrogens is 224 g/mol. The lowest BCUT2D eigenvalue weighted by molar-refractivity contribution is 0.270. The van der Waals surface area contributed by atoms with E-state index in [1.54, 1.807) is 0 Å². The fourth-order valence-corrected chi connectivity index (χ4v) is 3.69. The van der Waals surface area contributed by atoms with Gasteiger partial charge in [0.1, 0.15) is 12.2 Å². The van der Waals surface area contributed by atoms with Crippen LogP contribution in [0.1, 0.15) is 63.7 Å². The molecule has 1 saturated heterocycles. The fourth-order valence-electron chi connectivity index (χ4n) is 3.69. The van der Waals surface area contributed by atoms with Crippen LogP contribution in [0.4, 0.5) is 0 Å². The van der Waals surface area contributed by atoms with Crippen LogP contribution in [-0.2, 0) is 5.41 Å². The van der Waals surface area contributed by atoms with Gasteiger partial charge in [0.2, 0.25) is 0 Å². The largest absolute Gasteiger partial charge is 0.316 e. The maximum absolute atomic E-state index is 4.50. The van der Waals surface area contributed by atoms with Gasteiger partial charge in [0.05, 0.1) is 0 Å². The third kappa shape index (κ3) is 1.96. The minimum absolute atomic E-state index is 0.220. The van der Waals surface area contributed by atoms with E-state index in [1.165, 1.54) is 44.3 Å². The maximum atomic E-state index is 4.50. The van der Waals surface area contributed by atoms with Crippen LogP contribution in [-0.4, -0.2) is 27.9 Å². The van der Waals surface area contributed by atoms with Crippen molar-refractivity contribution in [3.63, 3.8) is 0 Å². The number of nitrogens with zero attached hydrogens (tertiary/aromatic N) is 3. The Morgan fingerprint density at radius 3 is 2.89 bits per heavy atom. The topological polar surface area (TPSA) is 42.7 Å². The van der Waals surface area contributed by atoms with Crippen LogP contribution >= 0.6 is 0 Å². The molecule has 0 spiro atoms. The van der Waals surface area contributed by atoms with Crippen LogP contribution in [0.3, 0.4) is 0 Å². The number of aromatic nitrogens is 3. The highest BCUT2D eigenvalue weighted by Crippen LogP contribution is 2.37. The smallest absolute Gasteiger partial charge is 0.140 e. The van der Waals surface area contributed by atoms with E-state index >= 15 is 0 Å². The van der Waals surface area contributed by atoms with Gasteiger partial charge in [-0.1, -0.05) is 19.8 Å². The molecule has 1 unspecified atom stereocenters. The first kappa shape index (κ1) is 12.2. The minimum Gasteiger partial charge on any atom is -0.316 e. The summed E-state index contributed by atoms with van der Waals surface area (Å²) in [5.41, 5.74) is 0.220. The van der Waals surface area contributed by atoms with Gasteiger partial charge in [0.25, 0.3) is 0 Å². The van der Waals surface area contributed by atoms with Crippen molar-refractivity contribution in [2.24, 2.45) is 0 Å². The molecule has 3 rings (SSSR count). The Morgan fingerprint density at radius 1 is 1.39 bits per heavy atom. The quantitative estimate of drug-likeness (QED) is 0.893. The van der Waals surface area contributed by atoms with E-state index in [0.29, 0.717) is 6.04 Å². The molecule has 4 heteroatoms. The molecule has 1 saturated carbocycles. The van der Waals surface area contributed by atoms with Crippen molar-refractivity contribution in [3.05, 3.63) is 12.2 Å². The van der Waals surface area contributed by atoms with Crippen LogP contribution in [0.2, 0.25) is 0 Å². The van der Waals surface area contributed by atoms with Gasteiger partial charge >= 0.3 is 0 Å². The van der Waals surface area contributed by atoms with Crippen molar-refractivity contribution in [2.75, 3.05) is 13.1 Å². The lowest BCUT2D eigenvalue weighted by Gasteiger charge is -2.37. The molecule has 0 radical (unpaired) electrons. The molecule has 1 N–H and O–H groups in total. The van der Waals surface area contributed by atoms with Gasteiger partial charge in [-0.3, -0.25) is 0 Å². The average molecular weight is 248 g/mol. The van der Waals surface area contributed by atoms with Crippen LogP contribution in [0.15, 0.2) is 6.33 Å². The second kappa shape index (κ2) is 5.00. The van der Waals surface area contributed by atoms with E-state index in [0.717, 1.165) is 19.5 Å². The van der Waals surface area contributed by atoms with E-state index in [-0.39, 0.29) is 5.41 Å². The Hall–Kier alpha value is -0.900. The molecule has 2 fully saturated rings. The zero-order valence-electron chi connectivity index (χ0n) is 11.4. The predicted molar refractivity (Wildman–Crippen MR) is 71.6 cm³/mol. The molecular formula is C14H24N4. The van der Waals surface area contributed by atoms with Crippen LogP contribution in [0.5, 0.6) is 0 Å². The molecule has 0 bridgehead atoms. The van der Waals surface area contributed by atoms with E-state index in [1.807, 2.05) is 6.33 Å². The lowest BCUT2D eigenvalue weighted by atomic mass is 9.77. The summed E-state index contributed by atoms with van der Waals surface area (Å²) in [4.78, 5) is 0. The van der Waals surface area contributed by atoms with Gasteiger partial charge in [0.15, 0.2) is 0 Å². The first-order valence-corrected chi connectivity index (χ1v) is 7.46. The van der Waals surface area contributed by atoms with E-state index < -0.39 is 0 Å². The Morgan fingerprint density at radius 2 is 2.22 bits per heavy atom. The molecule has 1 aromatic rings. The van der Waals surface area contributed by atoms with Crippen molar-refractivity contribution in [1.82, 2.24) is 20.1 Å². The minimum atomic E-state index is 0.220. The van der Waals surface area contributed by atoms with Crippen molar-refractivity contribution >= 4 is 0 Å². The first-order valence-electron chi connectivity index (χ1n) is 7.46. The standard InChI is InChI=1S/C14H24N4/c1-2-14(8-5-9-15-10-14)13-17-16-11-18(13)12-6-3-4-7-12/h11-12,15H,2-10H2,1H3. The highest BCUT2D eigenvalue weighted by molar-refractivity contribution is 5.12. The molecule has 18 heavy (non-hydrogen) atoms. The summed E-state index contributed by atoms with van der Waals surface area (Å²) in [6.45, 7) is 4.51. The molecule has 1 atom stereocenters. The molecule has 2 heterocycles. The van der Waals surface area contributed by atoms with Crippen LogP contribution in [0, 0.1) is 0 Å². The van der Waals surface area contributed by atoms with E-state index in [4.69, 9.17) is 0 Å². The van der Waals surface area contributed by atoms with Crippen molar-refractivity contribution in [1.29, 1.82) is 0 Å². The third-order valence-corrected chi connectivity index (χ3v) is 4.91. The maximum Gasteiger partial charge on any atom is 0.140 e. The van der Waals surface area contributed by atoms with E-state index in [9.17, 15) is 0 Å². The Kier molecular flexibility index (Phi) is 3.37. The lowest BCUT2D eigenvalue weighted by Crippen LogP contribution is -2.45. The van der Waals surface area contributed by atoms with Gasteiger partial charge < -0.3 is 9.88 Å². The van der Waals surface area contributed by atoms with E-state index in [2.05, 4.69) is 27.0 Å². The summed E-state index contributed by atoms with van der Waals surface area (Å²) in [5, 5.41) is 12.3. The van der Waals surface area contributed by atoms with Gasteiger partial charge in [-0.25, -0.2) is 0 Å². The monoisotopic (exact) mass is 248 g/mol. The zero-order valence-corrected chi connectivity index (χ0v) is 11.4. The normalized spacial score (nSPS) is 29.8. The Labute approximate surface area is 109 Å². The van der Waals surface area contributed by atoms with Gasteiger partial charge in [-0.2, -0.15) is 0 Å². The summed E-state index contributed by atoms with van der Waals surface area (Å²) in [7, 11) is 0. The molecule has 100 valence electrons. The second-order valence-corrected chi connectivity index (χ2v) is 5.91. The van der Waals surface area contributed by atoms with Gasteiger partial charge in [0, 0.05) is 18.0 Å². The Balaban J connectivity index is 1.92. The summed E-state index contributed by atoms with van der Waals surface area (Å²) in [5.74, 6) is 1.24. The summed E-state index contributed by atoms with van der Waals surface area (Å²) in [6.07, 6.45) is 11.0. The molecule has 0 aromatic carbocycles. The first-order chi connectivity index (χ1) is 8.86. The fraction of sp³-hybridized carbons (Fsp3) is 0.857. The highest BCUT2D eigenvalue weighted by Gasteiger charge is 2.38. The molecule has 1 aliphatic heterocycles. The average Bonchev–Trinajstić information content (AvgIpc) is 3.10. The number of rotatable bonds is 3. The second-order valence-electron chi connectivity index (χ2n) is 5.91. The molecule has 4 nitrogen and oxygen atoms in total. The number of nitrogens with one attached hydrogen (secondary N) is 1. The SMILES string of the molecule is CCC1(c2nncn2C2CCCC2)CCCNC1. The molecule has 1 aliphatic carbocycles. The summed E-state index contributed by atoms with van der Waals surface area (Å²) >= 11 is 0. The van der Waals surface area contributed by atoms with Gasteiger partial charge in [-0.15, -0.1) is 10.2 Å². The van der Waals surface area contributed by atoms with Crippen LogP contribution < -0.4 is 5.32 Å². The number of piperidine rings is 1. The predicted octanol–water partition coefficient (Wildman–Crippen LogP) is 2.42. The zero-order chi connectivity index (χ0) is 12.4. The number of hydrogen-bond donors (Lipinski definition) is 1. The summed E-state index contributed by atoms with van der Waals surface area (Å²) in [6, 6.07) is 0.653. The molecule has 0 amide bonds. The number of hydrogen-bond acceptors (Lipinski definition) is 3. The van der Waals surface area contributed by atoms with Gasteiger partial charge in [-0.05, 0) is 38.6 Å². The highest BCUT2D eigenvalue weighted by atomic mass is 15.3. The van der Waals surface area contributed by atoms with Crippen molar-refractivity contribution in [3.8, 4) is 0 Å². The third-order valence-electron chi connectivity index (χ3n) is 4.91. The van der Waals surface area contributed by atoms with Crippen molar-refractivity contribution in [2.45, 2.75) is 63.3 Å². The van der Waals surface area contributed by atoms with Crippen molar-refractivity contribution < 1.29 is 0 Å². The Bertz CT molecular complexity index is 386.